The maximum atomic E-state index is 15.4. The lowest BCUT2D eigenvalue weighted by Crippen LogP contribution is -2.54. The minimum Gasteiger partial charge on any atom is -0.316 e. The van der Waals surface area contributed by atoms with Crippen LogP contribution in [-0.2, 0) is 5.41 Å². The first-order chi connectivity index (χ1) is 18.6. The summed E-state index contributed by atoms with van der Waals surface area (Å²) in [6.07, 6.45) is -9.50. The Balaban J connectivity index is 1.78. The zero-order valence-electron chi connectivity index (χ0n) is 20.2. The van der Waals surface area contributed by atoms with Gasteiger partial charge in [-0.1, -0.05) is 72.8 Å². The Morgan fingerprint density at radius 1 is 0.410 bits per heavy atom. The van der Waals surface area contributed by atoms with Crippen LogP contribution in [0.1, 0.15) is 11.1 Å². The van der Waals surface area contributed by atoms with E-state index in [0.29, 0.717) is 11.4 Å². The van der Waals surface area contributed by atoms with Crippen LogP contribution in [0.2, 0.25) is 0 Å². The van der Waals surface area contributed by atoms with Crippen LogP contribution in [0.25, 0.3) is 33.2 Å². The van der Waals surface area contributed by atoms with E-state index in [0.717, 1.165) is 12.4 Å². The van der Waals surface area contributed by atoms with Crippen molar-refractivity contribution in [2.24, 2.45) is 0 Å². The van der Waals surface area contributed by atoms with Gasteiger partial charge in [0.25, 0.3) is 0 Å². The summed E-state index contributed by atoms with van der Waals surface area (Å²) in [6, 6.07) is 28.5. The quantitative estimate of drug-likeness (QED) is 0.200. The molecule has 2 aromatic heterocycles. The van der Waals surface area contributed by atoms with Crippen LogP contribution < -0.4 is 0 Å². The zero-order chi connectivity index (χ0) is 27.4. The fourth-order valence-electron chi connectivity index (χ4n) is 5.48. The van der Waals surface area contributed by atoms with Gasteiger partial charge >= 0.3 is 12.4 Å². The molecular formula is C31H20F6N2. The molecule has 0 amide bonds. The molecule has 0 radical (unpaired) electrons. The topological polar surface area (TPSA) is 9.86 Å². The maximum Gasteiger partial charge on any atom is 0.411 e. The number of fused-ring (bicyclic) bond motifs is 2. The van der Waals surface area contributed by atoms with Crippen molar-refractivity contribution in [1.29, 1.82) is 0 Å². The summed E-state index contributed by atoms with van der Waals surface area (Å²) >= 11 is 0. The van der Waals surface area contributed by atoms with Crippen molar-refractivity contribution in [3.05, 3.63) is 133 Å². The van der Waals surface area contributed by atoms with Crippen molar-refractivity contribution in [3.63, 3.8) is 0 Å². The number of alkyl halides is 6. The predicted molar refractivity (Wildman–Crippen MR) is 139 cm³/mol. The number of hydrogen-bond donors (Lipinski definition) is 0. The highest BCUT2D eigenvalue weighted by atomic mass is 19.4. The van der Waals surface area contributed by atoms with Gasteiger partial charge in [0, 0.05) is 45.7 Å². The highest BCUT2D eigenvalue weighted by molar-refractivity contribution is 5.92. The molecule has 0 spiro atoms. The van der Waals surface area contributed by atoms with Crippen LogP contribution >= 0.6 is 0 Å². The number of hydrogen-bond acceptors (Lipinski definition) is 0. The Bertz CT molecular complexity index is 1640. The van der Waals surface area contributed by atoms with E-state index in [1.807, 2.05) is 0 Å². The van der Waals surface area contributed by atoms with E-state index in [2.05, 4.69) is 0 Å². The lowest BCUT2D eigenvalue weighted by atomic mass is 9.72. The van der Waals surface area contributed by atoms with Gasteiger partial charge in [-0.2, -0.15) is 26.3 Å². The van der Waals surface area contributed by atoms with E-state index in [1.165, 1.54) is 45.5 Å². The summed E-state index contributed by atoms with van der Waals surface area (Å²) in [6.45, 7) is 0. The molecule has 0 bridgehead atoms. The maximum absolute atomic E-state index is 15.4. The second kappa shape index (κ2) is 8.80. The summed E-state index contributed by atoms with van der Waals surface area (Å²) in [7, 11) is 0. The van der Waals surface area contributed by atoms with Crippen molar-refractivity contribution in [2.45, 2.75) is 17.8 Å². The third-order valence-corrected chi connectivity index (χ3v) is 7.15. The number of halogens is 6. The molecule has 8 heteroatoms. The molecule has 196 valence electrons. The number of nitrogens with zero attached hydrogens (tertiary/aromatic N) is 2. The van der Waals surface area contributed by atoms with E-state index < -0.39 is 28.9 Å². The number of aromatic nitrogens is 2. The number of benzene rings is 4. The molecule has 0 fully saturated rings. The van der Waals surface area contributed by atoms with Crippen molar-refractivity contribution in [3.8, 4) is 11.4 Å². The van der Waals surface area contributed by atoms with Gasteiger partial charge in [0.1, 0.15) is 0 Å². The van der Waals surface area contributed by atoms with Crippen molar-refractivity contribution in [2.75, 3.05) is 0 Å². The Morgan fingerprint density at radius 3 is 1.10 bits per heavy atom. The molecule has 0 aliphatic carbocycles. The molecule has 0 aliphatic rings. The first-order valence-electron chi connectivity index (χ1n) is 12.1. The Kier molecular flexibility index (Phi) is 5.61. The molecule has 39 heavy (non-hydrogen) atoms. The lowest BCUT2D eigenvalue weighted by Gasteiger charge is -2.37. The minimum atomic E-state index is -5.73. The fraction of sp³-hybridized carbons (Fsp3) is 0.0968. The summed E-state index contributed by atoms with van der Waals surface area (Å²) in [4.78, 5) is 0. The summed E-state index contributed by atoms with van der Waals surface area (Å²) in [5.41, 5.74) is -4.70. The first kappa shape index (κ1) is 24.9. The van der Waals surface area contributed by atoms with Gasteiger partial charge in [-0.15, -0.1) is 0 Å². The molecule has 0 saturated heterocycles. The van der Waals surface area contributed by atoms with Gasteiger partial charge in [-0.05, 0) is 36.4 Å². The first-order valence-corrected chi connectivity index (χ1v) is 12.1. The second-order valence-corrected chi connectivity index (χ2v) is 9.28. The molecule has 2 heterocycles. The third kappa shape index (κ3) is 3.66. The minimum absolute atomic E-state index is 0.132. The molecule has 0 N–H and O–H groups in total. The Labute approximate surface area is 219 Å². The summed E-state index contributed by atoms with van der Waals surface area (Å²) in [5.74, 6) is 0. The molecule has 0 aliphatic heterocycles. The van der Waals surface area contributed by atoms with Crippen LogP contribution in [0, 0.1) is 0 Å². The molecule has 0 saturated carbocycles. The molecule has 4 aromatic carbocycles. The van der Waals surface area contributed by atoms with Gasteiger partial charge in [0.15, 0.2) is 0 Å². The molecule has 2 nitrogen and oxygen atoms in total. The third-order valence-electron chi connectivity index (χ3n) is 7.15. The van der Waals surface area contributed by atoms with Gasteiger partial charge in [0.05, 0.1) is 11.0 Å². The molecule has 0 atom stereocenters. The van der Waals surface area contributed by atoms with Crippen molar-refractivity contribution in [1.82, 2.24) is 9.13 Å². The van der Waals surface area contributed by atoms with Crippen LogP contribution in [0.5, 0.6) is 0 Å². The summed E-state index contributed by atoms with van der Waals surface area (Å²) < 4.78 is 95.1. The summed E-state index contributed by atoms with van der Waals surface area (Å²) in [5, 5.41) is -0.264. The van der Waals surface area contributed by atoms with E-state index in [4.69, 9.17) is 0 Å². The van der Waals surface area contributed by atoms with Crippen LogP contribution in [0.4, 0.5) is 26.3 Å². The lowest BCUT2D eigenvalue weighted by molar-refractivity contribution is -0.287. The Hall–Kier alpha value is -4.46. The fourth-order valence-corrected chi connectivity index (χ4v) is 5.48. The van der Waals surface area contributed by atoms with Crippen LogP contribution in [-0.4, -0.2) is 21.5 Å². The molecule has 6 aromatic rings. The van der Waals surface area contributed by atoms with Gasteiger partial charge in [0.2, 0.25) is 5.41 Å². The van der Waals surface area contributed by atoms with Crippen LogP contribution in [0.3, 0.4) is 0 Å². The van der Waals surface area contributed by atoms with Gasteiger partial charge in [-0.25, -0.2) is 0 Å². The second-order valence-electron chi connectivity index (χ2n) is 9.28. The van der Waals surface area contributed by atoms with E-state index in [9.17, 15) is 0 Å². The van der Waals surface area contributed by atoms with Gasteiger partial charge < -0.3 is 9.13 Å². The Morgan fingerprint density at radius 2 is 0.744 bits per heavy atom. The molecular weight excluding hydrogens is 514 g/mol. The number of para-hydroxylation sites is 4. The largest absolute Gasteiger partial charge is 0.411 e. The normalized spacial score (nSPS) is 12.9. The van der Waals surface area contributed by atoms with E-state index in [-0.39, 0.29) is 21.8 Å². The molecule has 6 rings (SSSR count). The highest BCUT2D eigenvalue weighted by Gasteiger charge is 2.74. The van der Waals surface area contributed by atoms with Crippen LogP contribution in [0.15, 0.2) is 122 Å². The number of rotatable bonds is 4. The smallest absolute Gasteiger partial charge is 0.316 e. The monoisotopic (exact) mass is 534 g/mol. The van der Waals surface area contributed by atoms with Crippen molar-refractivity contribution < 1.29 is 26.3 Å². The van der Waals surface area contributed by atoms with E-state index in [1.54, 1.807) is 72.8 Å². The predicted octanol–water partition coefficient (Wildman–Crippen LogP) is 8.99. The van der Waals surface area contributed by atoms with Crippen molar-refractivity contribution >= 4 is 21.8 Å². The zero-order valence-corrected chi connectivity index (χ0v) is 20.2. The van der Waals surface area contributed by atoms with E-state index >= 15 is 26.3 Å². The molecule has 0 unspecified atom stereocenters. The average molecular weight is 535 g/mol. The average Bonchev–Trinajstić information content (AvgIpc) is 3.49. The standard InChI is InChI=1S/C31H20F6N2/c32-30(33,34)29(31(35,36)37,25-19-38(21-11-3-1-4-12-21)27-17-9-7-15-23(25)27)26-20-39(22-13-5-2-6-14-22)28-18-10-8-16-24(26)28/h1-20H. The van der Waals surface area contributed by atoms with Gasteiger partial charge in [-0.3, -0.25) is 0 Å². The SMILES string of the molecule is FC(F)(F)C(c1cn(-c2ccccc2)c2ccccc12)(c1cn(-c2ccccc2)c2ccccc12)C(F)(F)F. The highest BCUT2D eigenvalue weighted by Crippen LogP contribution is 2.59.